The number of ether oxygens (including phenoxy) is 2. The molecule has 0 aliphatic rings. The largest absolute Gasteiger partial charge is 0.488 e. The minimum Gasteiger partial charge on any atom is -0.488 e. The number of aryl methyl sites for hydroxylation is 1. The van der Waals surface area contributed by atoms with Crippen molar-refractivity contribution in [3.05, 3.63) is 142 Å². The minimum atomic E-state index is -0.950. The lowest BCUT2D eigenvalue weighted by Crippen LogP contribution is -2.18. The molecule has 0 amide bonds. The number of aromatic carboxylic acids is 1. The first-order valence-corrected chi connectivity index (χ1v) is 13.6. The summed E-state index contributed by atoms with van der Waals surface area (Å²) in [5.74, 6) is 0.487. The van der Waals surface area contributed by atoms with Gasteiger partial charge in [0.1, 0.15) is 24.7 Å². The molecule has 1 heterocycles. The van der Waals surface area contributed by atoms with Crippen molar-refractivity contribution in [2.75, 3.05) is 4.90 Å². The quantitative estimate of drug-likeness (QED) is 0.185. The predicted molar refractivity (Wildman–Crippen MR) is 156 cm³/mol. The molecule has 0 bridgehead atoms. The molecule has 4 aromatic carbocycles. The van der Waals surface area contributed by atoms with Gasteiger partial charge in [0.05, 0.1) is 11.3 Å². The zero-order valence-corrected chi connectivity index (χ0v) is 22.4. The number of carboxylic acid groups (broad SMARTS) is 1. The molecule has 0 saturated carbocycles. The number of carboxylic acids is 1. The Kier molecular flexibility index (Phi) is 8.24. The maximum absolute atomic E-state index is 11.5. The fourth-order valence-corrected chi connectivity index (χ4v) is 4.93. The number of anilines is 2. The third-order valence-corrected chi connectivity index (χ3v) is 7.10. The average molecular weight is 536 g/mol. The number of nitrogens with zero attached hydrogens (tertiary/aromatic N) is 1. The number of benzene rings is 4. The zero-order valence-electron chi connectivity index (χ0n) is 21.6. The van der Waals surface area contributed by atoms with Crippen LogP contribution >= 0.6 is 11.3 Å². The highest BCUT2D eigenvalue weighted by Crippen LogP contribution is 2.40. The molecule has 0 aliphatic carbocycles. The van der Waals surface area contributed by atoms with Crippen molar-refractivity contribution >= 4 is 28.7 Å². The number of hydrogen-bond donors (Lipinski definition) is 1. The van der Waals surface area contributed by atoms with Crippen LogP contribution in [0.1, 0.15) is 32.6 Å². The molecule has 0 saturated heterocycles. The van der Waals surface area contributed by atoms with E-state index in [9.17, 15) is 9.90 Å². The van der Waals surface area contributed by atoms with Gasteiger partial charge in [-0.2, -0.15) is 11.3 Å². The zero-order chi connectivity index (χ0) is 27.0. The van der Waals surface area contributed by atoms with Crippen LogP contribution in [-0.2, 0) is 19.8 Å². The van der Waals surface area contributed by atoms with Gasteiger partial charge in [-0.3, -0.25) is 0 Å². The van der Waals surface area contributed by atoms with E-state index in [4.69, 9.17) is 9.47 Å². The van der Waals surface area contributed by atoms with Gasteiger partial charge in [0.15, 0.2) is 0 Å². The van der Waals surface area contributed by atoms with Crippen LogP contribution in [-0.4, -0.2) is 11.1 Å². The Labute approximate surface area is 232 Å². The van der Waals surface area contributed by atoms with E-state index in [0.29, 0.717) is 25.5 Å². The predicted octanol–water partition coefficient (Wildman–Crippen LogP) is 8.25. The van der Waals surface area contributed by atoms with Gasteiger partial charge in [0.25, 0.3) is 0 Å². The van der Waals surface area contributed by atoms with Gasteiger partial charge in [0, 0.05) is 18.3 Å². The van der Waals surface area contributed by atoms with E-state index in [1.807, 2.05) is 85.8 Å². The SMILES string of the molecule is Cc1cc(N(Cc2ccsc2)c2ccc(C(=O)O)cc2)c(OCc2ccccc2)cc1OCc1ccccc1. The van der Waals surface area contributed by atoms with Crippen LogP contribution in [0, 0.1) is 6.92 Å². The van der Waals surface area contributed by atoms with E-state index in [-0.39, 0.29) is 5.56 Å². The van der Waals surface area contributed by atoms with E-state index >= 15 is 0 Å². The first kappa shape index (κ1) is 26.1. The summed E-state index contributed by atoms with van der Waals surface area (Å²) in [6.45, 7) is 3.48. The summed E-state index contributed by atoms with van der Waals surface area (Å²) in [6.07, 6.45) is 0. The smallest absolute Gasteiger partial charge is 0.335 e. The molecular weight excluding hydrogens is 506 g/mol. The molecule has 196 valence electrons. The van der Waals surface area contributed by atoms with Crippen molar-refractivity contribution in [2.24, 2.45) is 0 Å². The van der Waals surface area contributed by atoms with Crippen molar-refractivity contribution in [2.45, 2.75) is 26.7 Å². The number of thiophene rings is 1. The van der Waals surface area contributed by atoms with Gasteiger partial charge in [-0.1, -0.05) is 60.7 Å². The fraction of sp³-hybridized carbons (Fsp3) is 0.121. The lowest BCUT2D eigenvalue weighted by Gasteiger charge is -2.28. The fourth-order valence-electron chi connectivity index (χ4n) is 4.27. The van der Waals surface area contributed by atoms with Crippen LogP contribution in [0.15, 0.2) is 114 Å². The van der Waals surface area contributed by atoms with Crippen molar-refractivity contribution in [1.29, 1.82) is 0 Å². The molecule has 5 aromatic rings. The molecule has 39 heavy (non-hydrogen) atoms. The first-order chi connectivity index (χ1) is 19.1. The molecule has 0 aliphatic heterocycles. The summed E-state index contributed by atoms with van der Waals surface area (Å²) < 4.78 is 12.7. The van der Waals surface area contributed by atoms with Gasteiger partial charge in [0.2, 0.25) is 0 Å². The van der Waals surface area contributed by atoms with Crippen LogP contribution in [0.4, 0.5) is 11.4 Å². The van der Waals surface area contributed by atoms with Gasteiger partial charge in [-0.15, -0.1) is 0 Å². The molecule has 0 spiro atoms. The van der Waals surface area contributed by atoms with Crippen molar-refractivity contribution in [1.82, 2.24) is 0 Å². The van der Waals surface area contributed by atoms with E-state index in [1.54, 1.807) is 23.5 Å². The molecule has 1 aromatic heterocycles. The summed E-state index contributed by atoms with van der Waals surface area (Å²) in [4.78, 5) is 13.6. The molecule has 1 N–H and O–H groups in total. The summed E-state index contributed by atoms with van der Waals surface area (Å²) in [5, 5.41) is 13.6. The summed E-state index contributed by atoms with van der Waals surface area (Å²) in [5.41, 5.74) is 6.27. The molecule has 0 radical (unpaired) electrons. The van der Waals surface area contributed by atoms with Crippen LogP contribution in [0.2, 0.25) is 0 Å². The van der Waals surface area contributed by atoms with E-state index in [2.05, 4.69) is 27.8 Å². The molecule has 0 unspecified atom stereocenters. The average Bonchev–Trinajstić information content (AvgIpc) is 3.49. The summed E-state index contributed by atoms with van der Waals surface area (Å²) in [7, 11) is 0. The molecular formula is C33H29NO4S. The Morgan fingerprint density at radius 1 is 0.769 bits per heavy atom. The maximum atomic E-state index is 11.5. The molecule has 6 heteroatoms. The Hall–Kier alpha value is -4.55. The molecule has 0 atom stereocenters. The van der Waals surface area contributed by atoms with Gasteiger partial charge < -0.3 is 19.5 Å². The van der Waals surface area contributed by atoms with Crippen LogP contribution in [0.25, 0.3) is 0 Å². The summed E-state index contributed by atoms with van der Waals surface area (Å²) >= 11 is 1.64. The van der Waals surface area contributed by atoms with Crippen molar-refractivity contribution in [3.63, 3.8) is 0 Å². The lowest BCUT2D eigenvalue weighted by atomic mass is 10.1. The third kappa shape index (κ3) is 6.67. The van der Waals surface area contributed by atoms with Crippen molar-refractivity contribution < 1.29 is 19.4 Å². The van der Waals surface area contributed by atoms with Gasteiger partial charge >= 0.3 is 5.97 Å². The number of rotatable bonds is 11. The Morgan fingerprint density at radius 3 is 1.95 bits per heavy atom. The Balaban J connectivity index is 1.54. The van der Waals surface area contributed by atoms with E-state index in [1.165, 1.54) is 0 Å². The third-order valence-electron chi connectivity index (χ3n) is 6.37. The standard InChI is InChI=1S/C33H29NO4S/c1-24-18-30(34(20-27-16-17-39-23-27)29-14-12-28(13-15-29)33(35)36)32(38-22-26-10-6-3-7-11-26)19-31(24)37-21-25-8-4-2-5-9-25/h2-19,23H,20-22H2,1H3,(H,35,36). The number of hydrogen-bond acceptors (Lipinski definition) is 5. The molecule has 0 fully saturated rings. The molecule has 5 nitrogen and oxygen atoms in total. The monoisotopic (exact) mass is 535 g/mol. The van der Waals surface area contributed by atoms with Crippen molar-refractivity contribution in [3.8, 4) is 11.5 Å². The second-order valence-corrected chi connectivity index (χ2v) is 9.98. The second-order valence-electron chi connectivity index (χ2n) is 9.20. The Bertz CT molecular complexity index is 1500. The van der Waals surface area contributed by atoms with Crippen LogP contribution in [0.3, 0.4) is 0 Å². The highest BCUT2D eigenvalue weighted by Gasteiger charge is 2.19. The lowest BCUT2D eigenvalue weighted by molar-refractivity contribution is 0.0697. The van der Waals surface area contributed by atoms with Crippen LogP contribution < -0.4 is 14.4 Å². The van der Waals surface area contributed by atoms with E-state index in [0.717, 1.165) is 39.4 Å². The number of carbonyl (C=O) groups is 1. The molecule has 5 rings (SSSR count). The topological polar surface area (TPSA) is 59.0 Å². The second kappa shape index (κ2) is 12.3. The van der Waals surface area contributed by atoms with E-state index < -0.39 is 5.97 Å². The highest BCUT2D eigenvalue weighted by atomic mass is 32.1. The summed E-state index contributed by atoms with van der Waals surface area (Å²) in [6, 6.07) is 33.2. The normalized spacial score (nSPS) is 10.7. The van der Waals surface area contributed by atoms with Crippen LogP contribution in [0.5, 0.6) is 11.5 Å². The minimum absolute atomic E-state index is 0.246. The Morgan fingerprint density at radius 2 is 1.38 bits per heavy atom. The maximum Gasteiger partial charge on any atom is 0.335 e. The van der Waals surface area contributed by atoms with Gasteiger partial charge in [-0.05, 0) is 76.3 Å². The van der Waals surface area contributed by atoms with Gasteiger partial charge in [-0.25, -0.2) is 4.79 Å². The first-order valence-electron chi connectivity index (χ1n) is 12.7. The highest BCUT2D eigenvalue weighted by molar-refractivity contribution is 7.07.